The summed E-state index contributed by atoms with van der Waals surface area (Å²) in [7, 11) is -4.00. The minimum Gasteiger partial charge on any atom is -0.396 e. The summed E-state index contributed by atoms with van der Waals surface area (Å²) >= 11 is 5.75. The lowest BCUT2D eigenvalue weighted by molar-refractivity contribution is 0.598. The fraction of sp³-hybridized carbons (Fsp3) is 0.167. The summed E-state index contributed by atoms with van der Waals surface area (Å²) in [6.07, 6.45) is 0. The molecular formula is C12H12ClFN4O2S. The van der Waals surface area contributed by atoms with Crippen molar-refractivity contribution >= 4 is 33.3 Å². The first-order valence-electron chi connectivity index (χ1n) is 5.78. The van der Waals surface area contributed by atoms with Crippen molar-refractivity contribution in [2.75, 3.05) is 10.5 Å². The predicted molar refractivity (Wildman–Crippen MR) is 78.1 cm³/mol. The molecule has 0 aliphatic rings. The summed E-state index contributed by atoms with van der Waals surface area (Å²) in [5.41, 5.74) is 5.87. The number of halogens is 2. The maximum atomic E-state index is 13.3. The zero-order valence-electron chi connectivity index (χ0n) is 11.2. The fourth-order valence-electron chi connectivity index (χ4n) is 1.71. The Hall–Kier alpha value is -1.93. The molecule has 0 bridgehead atoms. The summed E-state index contributed by atoms with van der Waals surface area (Å²) in [6, 6.07) is 3.58. The molecule has 0 spiro atoms. The van der Waals surface area contributed by atoms with E-state index in [-0.39, 0.29) is 27.2 Å². The molecule has 0 aliphatic heterocycles. The summed E-state index contributed by atoms with van der Waals surface area (Å²) in [6.45, 7) is 3.10. The minimum absolute atomic E-state index is 0.107. The highest BCUT2D eigenvalue weighted by molar-refractivity contribution is 7.92. The van der Waals surface area contributed by atoms with Gasteiger partial charge in [-0.2, -0.15) is 0 Å². The van der Waals surface area contributed by atoms with E-state index in [1.54, 1.807) is 6.92 Å². The van der Waals surface area contributed by atoms with Crippen molar-refractivity contribution < 1.29 is 12.8 Å². The molecule has 112 valence electrons. The Morgan fingerprint density at radius 2 is 1.90 bits per heavy atom. The number of anilines is 2. The van der Waals surface area contributed by atoms with Gasteiger partial charge in [0.15, 0.2) is 0 Å². The average molecular weight is 331 g/mol. The molecular weight excluding hydrogens is 319 g/mol. The third-order valence-electron chi connectivity index (χ3n) is 2.63. The maximum Gasteiger partial charge on any atom is 0.264 e. The number of aryl methyl sites for hydroxylation is 2. The normalized spacial score (nSPS) is 11.4. The number of benzene rings is 1. The second kappa shape index (κ2) is 5.45. The first-order chi connectivity index (χ1) is 9.69. The lowest BCUT2D eigenvalue weighted by Gasteiger charge is -2.11. The molecule has 0 aliphatic carbocycles. The van der Waals surface area contributed by atoms with Crippen molar-refractivity contribution in [3.05, 3.63) is 40.4 Å². The van der Waals surface area contributed by atoms with Crippen LogP contribution in [-0.4, -0.2) is 18.4 Å². The number of nitrogens with zero attached hydrogens (tertiary/aromatic N) is 2. The van der Waals surface area contributed by atoms with Gasteiger partial charge in [-0.3, -0.25) is 0 Å². The molecule has 2 rings (SSSR count). The van der Waals surface area contributed by atoms with Gasteiger partial charge in [0, 0.05) is 5.69 Å². The molecule has 1 aromatic carbocycles. The van der Waals surface area contributed by atoms with Gasteiger partial charge in [0.2, 0.25) is 5.95 Å². The number of aromatic nitrogens is 2. The van der Waals surface area contributed by atoms with Crippen LogP contribution in [0.1, 0.15) is 11.3 Å². The Morgan fingerprint density at radius 1 is 1.24 bits per heavy atom. The number of hydrogen-bond donors (Lipinski definition) is 2. The lowest BCUT2D eigenvalue weighted by atomic mass is 10.2. The molecule has 0 saturated carbocycles. The number of hydrogen-bond acceptors (Lipinski definition) is 5. The number of sulfonamides is 1. The zero-order chi connectivity index (χ0) is 15.8. The first-order valence-corrected chi connectivity index (χ1v) is 7.65. The molecule has 21 heavy (non-hydrogen) atoms. The average Bonchev–Trinajstić information content (AvgIpc) is 2.31. The highest BCUT2D eigenvalue weighted by Gasteiger charge is 2.20. The molecule has 1 heterocycles. The summed E-state index contributed by atoms with van der Waals surface area (Å²) in [5, 5.41) is 0.107. The van der Waals surface area contributed by atoms with E-state index in [0.29, 0.717) is 5.69 Å². The van der Waals surface area contributed by atoms with Crippen LogP contribution < -0.4 is 10.5 Å². The Balaban J connectivity index is 2.45. The molecule has 0 radical (unpaired) electrons. The largest absolute Gasteiger partial charge is 0.396 e. The van der Waals surface area contributed by atoms with Crippen molar-refractivity contribution in [1.82, 2.24) is 9.97 Å². The van der Waals surface area contributed by atoms with Crippen LogP contribution in [0.3, 0.4) is 0 Å². The van der Waals surface area contributed by atoms with Crippen LogP contribution in [0.5, 0.6) is 0 Å². The molecule has 0 unspecified atom stereocenters. The molecule has 1 aromatic heterocycles. The van der Waals surface area contributed by atoms with Gasteiger partial charge in [-0.15, -0.1) is 0 Å². The predicted octanol–water partition coefficient (Wildman–Crippen LogP) is 2.27. The van der Waals surface area contributed by atoms with Crippen molar-refractivity contribution in [3.8, 4) is 0 Å². The van der Waals surface area contributed by atoms with Gasteiger partial charge in [-0.25, -0.2) is 27.5 Å². The fourth-order valence-corrected chi connectivity index (χ4v) is 3.15. The lowest BCUT2D eigenvalue weighted by Crippen LogP contribution is -2.17. The maximum absolute atomic E-state index is 13.3. The topological polar surface area (TPSA) is 98.0 Å². The van der Waals surface area contributed by atoms with E-state index in [0.717, 1.165) is 12.1 Å². The van der Waals surface area contributed by atoms with E-state index in [1.807, 2.05) is 0 Å². The van der Waals surface area contributed by atoms with E-state index in [9.17, 15) is 12.8 Å². The van der Waals surface area contributed by atoms with Crippen LogP contribution in [0.2, 0.25) is 5.15 Å². The molecule has 0 fully saturated rings. The Kier molecular flexibility index (Phi) is 4.02. The standard InChI is InChI=1S/C12H12ClFN4O2S/c1-6-3-8(14)9(15)5-10(6)21(19,20)18-12-16-7(2)4-11(13)17-12/h3-5H,15H2,1-2H3,(H,16,17,18). The number of nitrogens with two attached hydrogens (primary N) is 1. The van der Waals surface area contributed by atoms with E-state index in [1.165, 1.54) is 13.0 Å². The quantitative estimate of drug-likeness (QED) is 0.664. The van der Waals surface area contributed by atoms with Crippen LogP contribution >= 0.6 is 11.6 Å². The van der Waals surface area contributed by atoms with E-state index in [2.05, 4.69) is 14.7 Å². The smallest absolute Gasteiger partial charge is 0.264 e. The molecule has 9 heteroatoms. The Labute approximate surface area is 126 Å². The summed E-state index contributed by atoms with van der Waals surface area (Å²) in [4.78, 5) is 7.55. The van der Waals surface area contributed by atoms with Crippen molar-refractivity contribution in [2.45, 2.75) is 18.7 Å². The van der Waals surface area contributed by atoms with Crippen LogP contribution in [0, 0.1) is 19.7 Å². The van der Waals surface area contributed by atoms with Gasteiger partial charge < -0.3 is 5.73 Å². The summed E-state index contributed by atoms with van der Waals surface area (Å²) < 4.78 is 40.1. The molecule has 6 nitrogen and oxygen atoms in total. The second-order valence-corrected chi connectivity index (χ2v) is 6.44. The van der Waals surface area contributed by atoms with Gasteiger partial charge >= 0.3 is 0 Å². The van der Waals surface area contributed by atoms with Gasteiger partial charge in [0.05, 0.1) is 10.6 Å². The number of nitrogen functional groups attached to an aromatic ring is 1. The molecule has 0 saturated heterocycles. The van der Waals surface area contributed by atoms with Gasteiger partial charge in [0.1, 0.15) is 11.0 Å². The van der Waals surface area contributed by atoms with Gasteiger partial charge in [-0.1, -0.05) is 11.6 Å². The summed E-state index contributed by atoms with van der Waals surface area (Å²) in [5.74, 6) is -0.844. The van der Waals surface area contributed by atoms with Crippen LogP contribution in [0.15, 0.2) is 23.1 Å². The first kappa shape index (κ1) is 15.5. The minimum atomic E-state index is -4.00. The van der Waals surface area contributed by atoms with Crippen LogP contribution in [0.25, 0.3) is 0 Å². The highest BCUT2D eigenvalue weighted by atomic mass is 35.5. The van der Waals surface area contributed by atoms with Crippen molar-refractivity contribution in [2.24, 2.45) is 0 Å². The monoisotopic (exact) mass is 330 g/mol. The van der Waals surface area contributed by atoms with E-state index in [4.69, 9.17) is 17.3 Å². The van der Waals surface area contributed by atoms with E-state index >= 15 is 0 Å². The van der Waals surface area contributed by atoms with Gasteiger partial charge in [0.25, 0.3) is 10.0 Å². The Bertz CT molecular complexity index is 791. The van der Waals surface area contributed by atoms with E-state index < -0.39 is 15.8 Å². The molecule has 0 atom stereocenters. The van der Waals surface area contributed by atoms with Gasteiger partial charge in [-0.05, 0) is 37.6 Å². The Morgan fingerprint density at radius 3 is 2.52 bits per heavy atom. The highest BCUT2D eigenvalue weighted by Crippen LogP contribution is 2.23. The van der Waals surface area contributed by atoms with Crippen LogP contribution in [0.4, 0.5) is 16.0 Å². The molecule has 2 aromatic rings. The molecule has 0 amide bonds. The van der Waals surface area contributed by atoms with Crippen molar-refractivity contribution in [1.29, 1.82) is 0 Å². The number of rotatable bonds is 3. The number of nitrogens with one attached hydrogen (secondary N) is 1. The van der Waals surface area contributed by atoms with Crippen molar-refractivity contribution in [3.63, 3.8) is 0 Å². The SMILES string of the molecule is Cc1cc(Cl)nc(NS(=O)(=O)c2cc(N)c(F)cc2C)n1. The molecule has 3 N–H and O–H groups in total. The third-order valence-corrected chi connectivity index (χ3v) is 4.30. The van der Waals surface area contributed by atoms with Crippen LogP contribution in [-0.2, 0) is 10.0 Å². The zero-order valence-corrected chi connectivity index (χ0v) is 12.8. The second-order valence-electron chi connectivity index (χ2n) is 4.40. The third kappa shape index (κ3) is 3.40.